The molecule has 3 aromatic heterocycles. The molecule has 0 fully saturated rings. The molecule has 0 aliphatic heterocycles. The molecule has 0 bridgehead atoms. The summed E-state index contributed by atoms with van der Waals surface area (Å²) in [6, 6.07) is 11.0. The number of nitriles is 1. The maximum absolute atomic E-state index is 12.0. The van der Waals surface area contributed by atoms with Gasteiger partial charge in [-0.15, -0.1) is 0 Å². The van der Waals surface area contributed by atoms with Gasteiger partial charge in [-0.3, -0.25) is 9.48 Å². The minimum Gasteiger partial charge on any atom is -0.491 e. The van der Waals surface area contributed by atoms with E-state index in [0.717, 1.165) is 28.2 Å². The second-order valence-electron chi connectivity index (χ2n) is 7.97. The van der Waals surface area contributed by atoms with Crippen molar-refractivity contribution >= 4 is 17.6 Å². The van der Waals surface area contributed by atoms with Crippen molar-refractivity contribution in [3.63, 3.8) is 0 Å². The number of hydrogen-bond acceptors (Lipinski definition) is 9. The summed E-state index contributed by atoms with van der Waals surface area (Å²) in [6.45, 7) is 5.84. The van der Waals surface area contributed by atoms with Crippen LogP contribution in [0.25, 0.3) is 17.1 Å². The molecule has 0 spiro atoms. The van der Waals surface area contributed by atoms with Gasteiger partial charge in [0.05, 0.1) is 37.5 Å². The zero-order valence-corrected chi connectivity index (χ0v) is 20.7. The summed E-state index contributed by atoms with van der Waals surface area (Å²) in [5.41, 5.74) is 4.51. The van der Waals surface area contributed by atoms with Gasteiger partial charge in [-0.25, -0.2) is 14.6 Å². The number of hydrogen-bond donors (Lipinski definition) is 1. The van der Waals surface area contributed by atoms with Gasteiger partial charge in [0, 0.05) is 29.9 Å². The lowest BCUT2D eigenvalue weighted by atomic mass is 10.1. The number of methoxy groups -OCH3 is 1. The van der Waals surface area contributed by atoms with Crippen LogP contribution in [-0.2, 0) is 23.0 Å². The molecule has 36 heavy (non-hydrogen) atoms. The number of ether oxygens (including phenoxy) is 2. The number of nitrogens with one attached hydrogen (secondary N) is 1. The standard InChI is InChI=1S/C25H26N8O3/c1-6-36-22(34)11-19-15(2)30-33(16(19)3)21-12-20(27-14-28-21)29-25-24(35-5)23(32(4)31-25)18-9-7-17(13-26)8-10-18/h7-10,12,14H,6,11H2,1-5H3,(H,27,28,29,31). The monoisotopic (exact) mass is 486 g/mol. The number of carbonyl (C=O) groups is 1. The Labute approximate surface area is 208 Å². The Hall–Kier alpha value is -4.72. The molecule has 11 heteroatoms. The zero-order valence-electron chi connectivity index (χ0n) is 20.7. The first-order valence-electron chi connectivity index (χ1n) is 11.3. The SMILES string of the molecule is CCOC(=O)Cc1c(C)nn(-c2cc(Nc3nn(C)c(-c4ccc(C#N)cc4)c3OC)ncn2)c1C. The highest BCUT2D eigenvalue weighted by Crippen LogP contribution is 2.37. The van der Waals surface area contributed by atoms with Crippen molar-refractivity contribution in [2.24, 2.45) is 7.05 Å². The van der Waals surface area contributed by atoms with Crippen LogP contribution < -0.4 is 10.1 Å². The maximum Gasteiger partial charge on any atom is 0.310 e. The molecule has 0 atom stereocenters. The fraction of sp³-hybridized carbons (Fsp3) is 0.280. The molecule has 184 valence electrons. The quantitative estimate of drug-likeness (QED) is 0.372. The van der Waals surface area contributed by atoms with E-state index in [4.69, 9.17) is 14.7 Å². The second-order valence-corrected chi connectivity index (χ2v) is 7.97. The normalized spacial score (nSPS) is 10.7. The van der Waals surface area contributed by atoms with Gasteiger partial charge in [-0.1, -0.05) is 12.1 Å². The molecule has 1 N–H and O–H groups in total. The third-order valence-electron chi connectivity index (χ3n) is 5.68. The lowest BCUT2D eigenvalue weighted by molar-refractivity contribution is -0.142. The molecule has 0 aliphatic carbocycles. The molecule has 3 heterocycles. The Kier molecular flexibility index (Phi) is 6.96. The van der Waals surface area contributed by atoms with E-state index in [2.05, 4.69) is 31.6 Å². The van der Waals surface area contributed by atoms with E-state index in [1.54, 1.807) is 41.6 Å². The van der Waals surface area contributed by atoms with E-state index in [0.29, 0.717) is 35.4 Å². The first-order chi connectivity index (χ1) is 17.4. The number of aromatic nitrogens is 6. The topological polar surface area (TPSA) is 133 Å². The number of esters is 1. The second kappa shape index (κ2) is 10.3. The number of rotatable bonds is 8. The third-order valence-corrected chi connectivity index (χ3v) is 5.68. The van der Waals surface area contributed by atoms with Gasteiger partial charge in [0.2, 0.25) is 0 Å². The summed E-state index contributed by atoms with van der Waals surface area (Å²) >= 11 is 0. The molecule has 0 saturated carbocycles. The van der Waals surface area contributed by atoms with Crippen molar-refractivity contribution in [1.82, 2.24) is 29.5 Å². The maximum atomic E-state index is 12.0. The summed E-state index contributed by atoms with van der Waals surface area (Å²) in [7, 11) is 3.38. The number of aryl methyl sites for hydroxylation is 2. The Morgan fingerprint density at radius 2 is 1.92 bits per heavy atom. The van der Waals surface area contributed by atoms with Crippen molar-refractivity contribution in [1.29, 1.82) is 5.26 Å². The summed E-state index contributed by atoms with van der Waals surface area (Å²) in [4.78, 5) is 20.7. The van der Waals surface area contributed by atoms with Crippen LogP contribution in [0.2, 0.25) is 0 Å². The summed E-state index contributed by atoms with van der Waals surface area (Å²) < 4.78 is 14.1. The van der Waals surface area contributed by atoms with Gasteiger partial charge in [0.15, 0.2) is 17.4 Å². The van der Waals surface area contributed by atoms with Crippen LogP contribution in [0.4, 0.5) is 11.6 Å². The fourth-order valence-corrected chi connectivity index (χ4v) is 3.96. The highest BCUT2D eigenvalue weighted by Gasteiger charge is 2.21. The molecule has 0 amide bonds. The molecular weight excluding hydrogens is 460 g/mol. The highest BCUT2D eigenvalue weighted by atomic mass is 16.5. The summed E-state index contributed by atoms with van der Waals surface area (Å²) in [6.07, 6.45) is 1.57. The van der Waals surface area contributed by atoms with Crippen LogP contribution in [-0.4, -0.2) is 49.2 Å². The third kappa shape index (κ3) is 4.74. The first-order valence-corrected chi connectivity index (χ1v) is 11.3. The molecule has 4 aromatic rings. The van der Waals surface area contributed by atoms with E-state index in [1.165, 1.54) is 6.33 Å². The van der Waals surface area contributed by atoms with Gasteiger partial charge < -0.3 is 14.8 Å². The molecule has 11 nitrogen and oxygen atoms in total. The Morgan fingerprint density at radius 3 is 2.58 bits per heavy atom. The van der Waals surface area contributed by atoms with E-state index >= 15 is 0 Å². The van der Waals surface area contributed by atoms with E-state index in [9.17, 15) is 4.79 Å². The zero-order chi connectivity index (χ0) is 25.8. The molecule has 1 aromatic carbocycles. The van der Waals surface area contributed by atoms with Gasteiger partial charge in [-0.05, 0) is 32.9 Å². The van der Waals surface area contributed by atoms with Crippen molar-refractivity contribution < 1.29 is 14.3 Å². The molecule has 0 aliphatic rings. The van der Waals surface area contributed by atoms with E-state index in [1.807, 2.05) is 33.0 Å². The predicted octanol–water partition coefficient (Wildman–Crippen LogP) is 3.41. The number of benzene rings is 1. The average molecular weight is 487 g/mol. The van der Waals surface area contributed by atoms with Crippen molar-refractivity contribution in [3.8, 4) is 28.9 Å². The lowest BCUT2D eigenvalue weighted by Gasteiger charge is -2.09. The highest BCUT2D eigenvalue weighted by molar-refractivity contribution is 5.76. The molecule has 0 radical (unpaired) electrons. The lowest BCUT2D eigenvalue weighted by Crippen LogP contribution is -2.09. The minimum atomic E-state index is -0.298. The van der Waals surface area contributed by atoms with Gasteiger partial charge >= 0.3 is 5.97 Å². The van der Waals surface area contributed by atoms with Gasteiger partial charge in [-0.2, -0.15) is 15.5 Å². The number of nitrogens with zero attached hydrogens (tertiary/aromatic N) is 7. The van der Waals surface area contributed by atoms with Crippen molar-refractivity contribution in [3.05, 3.63) is 59.2 Å². The van der Waals surface area contributed by atoms with E-state index in [-0.39, 0.29) is 12.4 Å². The number of anilines is 2. The first kappa shape index (κ1) is 24.4. The Balaban J connectivity index is 1.64. The van der Waals surface area contributed by atoms with Crippen molar-refractivity contribution in [2.75, 3.05) is 19.0 Å². The van der Waals surface area contributed by atoms with Crippen molar-refractivity contribution in [2.45, 2.75) is 27.2 Å². The molecule has 4 rings (SSSR count). The Morgan fingerprint density at radius 1 is 1.17 bits per heavy atom. The largest absolute Gasteiger partial charge is 0.491 e. The Bertz CT molecular complexity index is 1450. The number of carbonyl (C=O) groups excluding carboxylic acids is 1. The van der Waals surface area contributed by atoms with Crippen LogP contribution >= 0.6 is 0 Å². The molecular formula is C25H26N8O3. The average Bonchev–Trinajstić information content (AvgIpc) is 3.34. The van der Waals surface area contributed by atoms with Gasteiger partial charge in [0.25, 0.3) is 0 Å². The fourth-order valence-electron chi connectivity index (χ4n) is 3.96. The summed E-state index contributed by atoms with van der Waals surface area (Å²) in [5.74, 6) is 1.73. The summed E-state index contributed by atoms with van der Waals surface area (Å²) in [5, 5.41) is 21.4. The minimum absolute atomic E-state index is 0.144. The van der Waals surface area contributed by atoms with Crippen LogP contribution in [0, 0.1) is 25.2 Å². The van der Waals surface area contributed by atoms with Crippen LogP contribution in [0.1, 0.15) is 29.4 Å². The molecule has 0 unspecified atom stereocenters. The van der Waals surface area contributed by atoms with Crippen LogP contribution in [0.15, 0.2) is 36.7 Å². The van der Waals surface area contributed by atoms with E-state index < -0.39 is 0 Å². The van der Waals surface area contributed by atoms with Crippen LogP contribution in [0.3, 0.4) is 0 Å². The smallest absolute Gasteiger partial charge is 0.310 e. The molecule has 0 saturated heterocycles. The van der Waals surface area contributed by atoms with Gasteiger partial charge in [0.1, 0.15) is 17.8 Å². The van der Waals surface area contributed by atoms with Crippen LogP contribution in [0.5, 0.6) is 5.75 Å². The predicted molar refractivity (Wildman–Crippen MR) is 132 cm³/mol.